The van der Waals surface area contributed by atoms with Crippen LogP contribution in [0.1, 0.15) is 51.9 Å². The second kappa shape index (κ2) is 12.6. The molecule has 4 N–H and O–H groups in total. The average Bonchev–Trinajstić information content (AvgIpc) is 2.45. The molecule has 0 aromatic carbocycles. The predicted octanol–water partition coefficient (Wildman–Crippen LogP) is 2.02. The van der Waals surface area contributed by atoms with Crippen molar-refractivity contribution in [2.24, 2.45) is 0 Å². The topological polar surface area (TPSA) is 98.0 Å². The van der Waals surface area contributed by atoms with Crippen molar-refractivity contribution in [1.82, 2.24) is 0 Å². The molecule has 0 rings (SSSR count). The Morgan fingerprint density at radius 3 is 2.43 bits per heavy atom. The van der Waals surface area contributed by atoms with Gasteiger partial charge in [-0.1, -0.05) is 37.6 Å². The van der Waals surface area contributed by atoms with Crippen molar-refractivity contribution in [3.63, 3.8) is 0 Å². The molecule has 0 aliphatic carbocycles. The summed E-state index contributed by atoms with van der Waals surface area (Å²) in [4.78, 5) is 10.3. The van der Waals surface area contributed by atoms with Crippen molar-refractivity contribution < 1.29 is 25.2 Å². The van der Waals surface area contributed by atoms with Crippen LogP contribution in [0.15, 0.2) is 24.3 Å². The largest absolute Gasteiger partial charge is 0.481 e. The van der Waals surface area contributed by atoms with Crippen LogP contribution in [-0.2, 0) is 4.79 Å². The molecule has 0 unspecified atom stereocenters. The minimum absolute atomic E-state index is 0.0991. The summed E-state index contributed by atoms with van der Waals surface area (Å²) in [6, 6.07) is 0. The zero-order valence-electron chi connectivity index (χ0n) is 12.7. The first-order chi connectivity index (χ1) is 9.97. The molecule has 0 radical (unpaired) electrons. The molecule has 0 spiro atoms. The number of carbonyl (C=O) groups is 1. The zero-order chi connectivity index (χ0) is 16.1. The SMILES string of the molecule is CCC/C=C\C[C@@H](O)[C@@H](O)/C=C/[C@H](O)CCCCC(=O)O. The fourth-order valence-electron chi connectivity index (χ4n) is 1.76. The van der Waals surface area contributed by atoms with Gasteiger partial charge in [-0.05, 0) is 32.1 Å². The molecule has 3 atom stereocenters. The van der Waals surface area contributed by atoms with Crippen molar-refractivity contribution in [2.45, 2.75) is 70.2 Å². The number of unbranched alkanes of at least 4 members (excludes halogenated alkanes) is 2. The zero-order valence-corrected chi connectivity index (χ0v) is 12.7. The van der Waals surface area contributed by atoms with Gasteiger partial charge in [-0.2, -0.15) is 0 Å². The van der Waals surface area contributed by atoms with Gasteiger partial charge in [-0.25, -0.2) is 0 Å². The van der Waals surface area contributed by atoms with E-state index in [0.717, 1.165) is 12.8 Å². The van der Waals surface area contributed by atoms with Crippen molar-refractivity contribution in [3.05, 3.63) is 24.3 Å². The lowest BCUT2D eigenvalue weighted by Gasteiger charge is -2.13. The normalized spacial score (nSPS) is 16.4. The minimum atomic E-state index is -1.01. The van der Waals surface area contributed by atoms with Crippen LogP contribution in [0.5, 0.6) is 0 Å². The van der Waals surface area contributed by atoms with Crippen molar-refractivity contribution in [3.8, 4) is 0 Å². The highest BCUT2D eigenvalue weighted by Gasteiger charge is 2.11. The van der Waals surface area contributed by atoms with Crippen molar-refractivity contribution in [1.29, 1.82) is 0 Å². The van der Waals surface area contributed by atoms with E-state index in [1.165, 1.54) is 12.2 Å². The third kappa shape index (κ3) is 12.3. The molecule has 0 heterocycles. The van der Waals surface area contributed by atoms with E-state index >= 15 is 0 Å². The van der Waals surface area contributed by atoms with Gasteiger partial charge in [0.25, 0.3) is 0 Å². The Bertz CT molecular complexity index is 325. The maximum atomic E-state index is 10.3. The van der Waals surface area contributed by atoms with Gasteiger partial charge < -0.3 is 20.4 Å². The van der Waals surface area contributed by atoms with Crippen LogP contribution in [0.4, 0.5) is 0 Å². The van der Waals surface area contributed by atoms with E-state index in [1.54, 1.807) is 0 Å². The minimum Gasteiger partial charge on any atom is -0.481 e. The average molecular weight is 300 g/mol. The molecule has 0 saturated carbocycles. The number of hydrogen-bond acceptors (Lipinski definition) is 4. The van der Waals surface area contributed by atoms with Crippen molar-refractivity contribution in [2.75, 3.05) is 0 Å². The molecule has 5 heteroatoms. The Morgan fingerprint density at radius 2 is 1.81 bits per heavy atom. The number of rotatable bonds is 12. The molecule has 0 aromatic rings. The molecule has 5 nitrogen and oxygen atoms in total. The Hall–Kier alpha value is -1.17. The van der Waals surface area contributed by atoms with E-state index < -0.39 is 24.3 Å². The highest BCUT2D eigenvalue weighted by atomic mass is 16.4. The molecule has 21 heavy (non-hydrogen) atoms. The fraction of sp³-hybridized carbons (Fsp3) is 0.688. The van der Waals surface area contributed by atoms with Crippen LogP contribution in [0.25, 0.3) is 0 Å². The Kier molecular flexibility index (Phi) is 11.9. The molecule has 0 amide bonds. The summed E-state index contributed by atoms with van der Waals surface area (Å²) in [5.74, 6) is -0.838. The lowest BCUT2D eigenvalue weighted by atomic mass is 10.1. The van der Waals surface area contributed by atoms with Crippen LogP contribution < -0.4 is 0 Å². The Labute approximate surface area is 126 Å². The number of aliphatic carboxylic acids is 1. The molecule has 0 fully saturated rings. The van der Waals surface area contributed by atoms with Crippen LogP contribution in [-0.4, -0.2) is 44.7 Å². The molecule has 0 aliphatic heterocycles. The van der Waals surface area contributed by atoms with Crippen LogP contribution >= 0.6 is 0 Å². The standard InChI is InChI=1S/C16H28O5/c1-2-3-4-5-9-14(18)15(19)12-11-13(17)8-6-7-10-16(20)21/h4-5,11-15,17-19H,2-3,6-10H2,1H3,(H,20,21)/b5-4-,12-11+/t13-,14-,15+/m1/s1. The monoisotopic (exact) mass is 300 g/mol. The second-order valence-corrected chi connectivity index (χ2v) is 5.15. The van der Waals surface area contributed by atoms with E-state index in [1.807, 2.05) is 12.2 Å². The second-order valence-electron chi connectivity index (χ2n) is 5.15. The summed E-state index contributed by atoms with van der Waals surface area (Å²) in [7, 11) is 0. The first kappa shape index (κ1) is 19.8. The molecular formula is C16H28O5. The molecule has 122 valence electrons. The van der Waals surface area contributed by atoms with Gasteiger partial charge in [0.05, 0.1) is 18.3 Å². The Balaban J connectivity index is 3.89. The highest BCUT2D eigenvalue weighted by molar-refractivity contribution is 5.66. The molecule has 0 bridgehead atoms. The van der Waals surface area contributed by atoms with E-state index in [4.69, 9.17) is 5.11 Å². The van der Waals surface area contributed by atoms with Crippen LogP contribution in [0.3, 0.4) is 0 Å². The summed E-state index contributed by atoms with van der Waals surface area (Å²) in [5, 5.41) is 37.5. The summed E-state index contributed by atoms with van der Waals surface area (Å²) in [5.41, 5.74) is 0. The molecule has 0 saturated heterocycles. The van der Waals surface area contributed by atoms with Gasteiger partial charge in [0.2, 0.25) is 0 Å². The smallest absolute Gasteiger partial charge is 0.303 e. The molecule has 0 aromatic heterocycles. The third-order valence-electron chi connectivity index (χ3n) is 3.06. The fourth-order valence-corrected chi connectivity index (χ4v) is 1.76. The van der Waals surface area contributed by atoms with E-state index in [9.17, 15) is 20.1 Å². The quantitative estimate of drug-likeness (QED) is 0.326. The maximum Gasteiger partial charge on any atom is 0.303 e. The van der Waals surface area contributed by atoms with E-state index in [2.05, 4.69) is 6.92 Å². The van der Waals surface area contributed by atoms with E-state index in [0.29, 0.717) is 25.7 Å². The first-order valence-corrected chi connectivity index (χ1v) is 7.56. The van der Waals surface area contributed by atoms with E-state index in [-0.39, 0.29) is 6.42 Å². The van der Waals surface area contributed by atoms with Gasteiger partial charge in [0.15, 0.2) is 0 Å². The van der Waals surface area contributed by atoms with Gasteiger partial charge in [0, 0.05) is 6.42 Å². The van der Waals surface area contributed by atoms with Gasteiger partial charge in [0.1, 0.15) is 0 Å². The highest BCUT2D eigenvalue weighted by Crippen LogP contribution is 2.07. The predicted molar refractivity (Wildman–Crippen MR) is 81.9 cm³/mol. The maximum absolute atomic E-state index is 10.3. The number of aliphatic hydroxyl groups is 3. The number of carboxylic acids is 1. The van der Waals surface area contributed by atoms with Gasteiger partial charge in [-0.15, -0.1) is 0 Å². The summed E-state index contributed by atoms with van der Waals surface area (Å²) < 4.78 is 0. The lowest BCUT2D eigenvalue weighted by molar-refractivity contribution is -0.137. The van der Waals surface area contributed by atoms with Crippen LogP contribution in [0, 0.1) is 0 Å². The van der Waals surface area contributed by atoms with Crippen molar-refractivity contribution >= 4 is 5.97 Å². The Morgan fingerprint density at radius 1 is 1.10 bits per heavy atom. The number of carboxylic acid groups (broad SMARTS) is 1. The molecular weight excluding hydrogens is 272 g/mol. The first-order valence-electron chi connectivity index (χ1n) is 7.56. The number of aliphatic hydroxyl groups excluding tert-OH is 3. The number of hydrogen-bond donors (Lipinski definition) is 4. The summed E-state index contributed by atoms with van der Waals surface area (Å²) in [6.07, 6.45) is 8.08. The van der Waals surface area contributed by atoms with Gasteiger partial charge in [-0.3, -0.25) is 4.79 Å². The lowest BCUT2D eigenvalue weighted by Crippen LogP contribution is -2.23. The van der Waals surface area contributed by atoms with Gasteiger partial charge >= 0.3 is 5.97 Å². The number of allylic oxidation sites excluding steroid dienone is 1. The molecule has 0 aliphatic rings. The summed E-state index contributed by atoms with van der Waals surface area (Å²) >= 11 is 0. The third-order valence-corrected chi connectivity index (χ3v) is 3.06. The van der Waals surface area contributed by atoms with Crippen LogP contribution in [0.2, 0.25) is 0 Å². The summed E-state index contributed by atoms with van der Waals surface area (Å²) in [6.45, 7) is 2.07.